The first-order chi connectivity index (χ1) is 22.6. The number of nitrogens with one attached hydrogen (secondary N) is 1. The highest BCUT2D eigenvalue weighted by molar-refractivity contribution is 7.79. The molecular weight excluding hydrogens is 644 g/mol. The van der Waals surface area contributed by atoms with E-state index in [1.807, 2.05) is 74.1 Å². The Balaban J connectivity index is 0.000000968. The molecule has 3 amide bonds. The zero-order valence-corrected chi connectivity index (χ0v) is 27.7. The smallest absolute Gasteiger partial charge is 0.338 e. The second-order valence-electron chi connectivity index (χ2n) is 11.0. The number of esters is 1. The Bertz CT molecular complexity index is 2070. The SMILES string of the molecule is CCOC(=O)c1ccc(C(=O)NCCN2C(=O)C=CC2=O)cc1-c1c2ccc(=[N+](C)C)cc-2oc2cc(N(C)C)ccc12.O=S(=O)([O-])O. The molecule has 0 saturated heterocycles. The fraction of sp³-hybridized carbons (Fsp3) is 0.242. The van der Waals surface area contributed by atoms with Gasteiger partial charge in [-0.2, -0.15) is 0 Å². The quantitative estimate of drug-likeness (QED) is 0.0694. The minimum absolute atomic E-state index is 0.0437. The summed E-state index contributed by atoms with van der Waals surface area (Å²) in [5.74, 6) is -1.14. The van der Waals surface area contributed by atoms with Crippen molar-refractivity contribution in [3.8, 4) is 22.5 Å². The molecule has 48 heavy (non-hydrogen) atoms. The van der Waals surface area contributed by atoms with Crippen LogP contribution >= 0.6 is 0 Å². The summed E-state index contributed by atoms with van der Waals surface area (Å²) < 4.78 is 46.6. The van der Waals surface area contributed by atoms with Crippen LogP contribution in [0.1, 0.15) is 27.6 Å². The Morgan fingerprint density at radius 2 is 1.67 bits per heavy atom. The molecule has 0 aromatic heterocycles. The van der Waals surface area contributed by atoms with Crippen LogP contribution < -0.4 is 20.1 Å². The van der Waals surface area contributed by atoms with Crippen LogP contribution in [0.25, 0.3) is 33.4 Å². The van der Waals surface area contributed by atoms with Crippen molar-refractivity contribution in [1.29, 1.82) is 0 Å². The minimum Gasteiger partial charge on any atom is -0.726 e. The topological polar surface area (TPSA) is 190 Å². The van der Waals surface area contributed by atoms with Crippen LogP contribution in [0, 0.1) is 0 Å². The summed E-state index contributed by atoms with van der Waals surface area (Å²) in [6.45, 7) is 2.04. The van der Waals surface area contributed by atoms with E-state index >= 15 is 0 Å². The lowest BCUT2D eigenvalue weighted by atomic mass is 9.89. The maximum absolute atomic E-state index is 13.3. The van der Waals surface area contributed by atoms with E-state index in [2.05, 4.69) is 5.32 Å². The van der Waals surface area contributed by atoms with Gasteiger partial charge in [-0.3, -0.25) is 23.8 Å². The number of nitrogens with zero attached hydrogens (tertiary/aromatic N) is 3. The van der Waals surface area contributed by atoms with Gasteiger partial charge in [-0.25, -0.2) is 17.8 Å². The Morgan fingerprint density at radius 3 is 2.27 bits per heavy atom. The molecule has 2 aromatic carbocycles. The monoisotopic (exact) mass is 678 g/mol. The summed E-state index contributed by atoms with van der Waals surface area (Å²) >= 11 is 0. The van der Waals surface area contributed by atoms with Crippen LogP contribution in [0.15, 0.2) is 71.2 Å². The molecule has 2 aliphatic heterocycles. The van der Waals surface area contributed by atoms with Gasteiger partial charge in [0.1, 0.15) is 25.4 Å². The number of imide groups is 1. The average Bonchev–Trinajstić information content (AvgIpc) is 3.34. The van der Waals surface area contributed by atoms with Crippen LogP contribution in [0.4, 0.5) is 5.69 Å². The molecule has 2 heterocycles. The Morgan fingerprint density at radius 1 is 1.00 bits per heavy atom. The van der Waals surface area contributed by atoms with Gasteiger partial charge < -0.3 is 23.9 Å². The summed E-state index contributed by atoms with van der Waals surface area (Å²) in [5, 5.41) is 4.48. The van der Waals surface area contributed by atoms with E-state index < -0.39 is 34.1 Å². The maximum Gasteiger partial charge on any atom is 0.338 e. The third-order valence-electron chi connectivity index (χ3n) is 7.29. The first kappa shape index (κ1) is 35.5. The van der Waals surface area contributed by atoms with Gasteiger partial charge in [0.2, 0.25) is 15.8 Å². The first-order valence-corrected chi connectivity index (χ1v) is 16.0. The van der Waals surface area contributed by atoms with E-state index in [-0.39, 0.29) is 19.7 Å². The van der Waals surface area contributed by atoms with Gasteiger partial charge in [-0.15, -0.1) is 0 Å². The predicted octanol–water partition coefficient (Wildman–Crippen LogP) is 2.14. The van der Waals surface area contributed by atoms with Gasteiger partial charge in [0, 0.05) is 79.2 Å². The molecule has 1 aliphatic carbocycles. The maximum atomic E-state index is 13.3. The molecule has 0 spiro atoms. The van der Waals surface area contributed by atoms with E-state index in [1.54, 1.807) is 25.1 Å². The van der Waals surface area contributed by atoms with Crippen molar-refractivity contribution in [2.75, 3.05) is 52.8 Å². The lowest BCUT2D eigenvalue weighted by Gasteiger charge is -2.20. The summed E-state index contributed by atoms with van der Waals surface area (Å²) in [6.07, 6.45) is 2.41. The van der Waals surface area contributed by atoms with Gasteiger partial charge in [0.25, 0.3) is 17.7 Å². The summed E-state index contributed by atoms with van der Waals surface area (Å²) in [5.41, 5.74) is 4.16. The second kappa shape index (κ2) is 14.6. The van der Waals surface area contributed by atoms with Crippen LogP contribution in [-0.2, 0) is 24.7 Å². The van der Waals surface area contributed by atoms with Crippen molar-refractivity contribution in [3.05, 3.63) is 83.2 Å². The third-order valence-corrected chi connectivity index (χ3v) is 7.29. The first-order valence-electron chi connectivity index (χ1n) is 14.6. The van der Waals surface area contributed by atoms with E-state index in [4.69, 9.17) is 26.7 Å². The van der Waals surface area contributed by atoms with Crippen molar-refractivity contribution >= 4 is 50.7 Å². The molecule has 0 fully saturated rings. The van der Waals surface area contributed by atoms with Gasteiger partial charge in [-0.05, 0) is 48.9 Å². The van der Waals surface area contributed by atoms with E-state index in [9.17, 15) is 19.2 Å². The summed E-state index contributed by atoms with van der Waals surface area (Å²) in [7, 11) is 2.86. The molecular formula is C33H34N4O10S. The zero-order valence-electron chi connectivity index (χ0n) is 26.8. The van der Waals surface area contributed by atoms with Crippen molar-refractivity contribution in [2.45, 2.75) is 6.92 Å². The summed E-state index contributed by atoms with van der Waals surface area (Å²) in [6, 6.07) is 16.5. The van der Waals surface area contributed by atoms with Crippen LogP contribution in [0.3, 0.4) is 0 Å². The molecule has 14 nitrogen and oxygen atoms in total. The fourth-order valence-electron chi connectivity index (χ4n) is 5.03. The van der Waals surface area contributed by atoms with E-state index in [0.717, 1.165) is 32.5 Å². The van der Waals surface area contributed by atoms with Crippen molar-refractivity contribution in [2.24, 2.45) is 0 Å². The number of ether oxygens (including phenoxy) is 1. The highest BCUT2D eigenvalue weighted by Crippen LogP contribution is 2.42. The Kier molecular flexibility index (Phi) is 10.8. The zero-order chi connectivity index (χ0) is 35.3. The molecule has 0 unspecified atom stereocenters. The molecule has 2 N–H and O–H groups in total. The van der Waals surface area contributed by atoms with Crippen LogP contribution in [0.5, 0.6) is 0 Å². The number of rotatable bonds is 8. The Labute approximate surface area is 276 Å². The fourth-order valence-corrected chi connectivity index (χ4v) is 5.03. The van der Waals surface area contributed by atoms with E-state index in [1.165, 1.54) is 12.2 Å². The summed E-state index contributed by atoms with van der Waals surface area (Å²) in [4.78, 5) is 53.3. The molecule has 5 rings (SSSR count). The average molecular weight is 679 g/mol. The minimum atomic E-state index is -4.92. The van der Waals surface area contributed by atoms with Gasteiger partial charge in [0.15, 0.2) is 0 Å². The number of carbonyl (C=O) groups is 4. The number of carbonyl (C=O) groups excluding carboxylic acids is 4. The number of amides is 3. The molecule has 3 aliphatic rings. The van der Waals surface area contributed by atoms with Gasteiger partial charge >= 0.3 is 5.97 Å². The number of hydrogen-bond acceptors (Lipinski definition) is 10. The number of hydrogen-bond donors (Lipinski definition) is 2. The molecule has 0 saturated carbocycles. The molecule has 15 heteroatoms. The molecule has 0 bridgehead atoms. The van der Waals surface area contributed by atoms with Crippen molar-refractivity contribution in [3.63, 3.8) is 0 Å². The number of fused-ring (bicyclic) bond motifs is 2. The largest absolute Gasteiger partial charge is 0.726 e. The van der Waals surface area contributed by atoms with Crippen LogP contribution in [0.2, 0.25) is 0 Å². The number of anilines is 1. The lowest BCUT2D eigenvalue weighted by Crippen LogP contribution is -2.38. The molecule has 252 valence electrons. The Hall–Kier alpha value is -5.38. The van der Waals surface area contributed by atoms with E-state index in [0.29, 0.717) is 28.0 Å². The highest BCUT2D eigenvalue weighted by Gasteiger charge is 2.26. The van der Waals surface area contributed by atoms with Gasteiger partial charge in [-0.1, -0.05) is 0 Å². The molecule has 0 atom stereocenters. The highest BCUT2D eigenvalue weighted by atomic mass is 32.3. The predicted molar refractivity (Wildman–Crippen MR) is 176 cm³/mol. The number of benzene rings is 3. The van der Waals surface area contributed by atoms with Gasteiger partial charge in [0.05, 0.1) is 18.2 Å². The van der Waals surface area contributed by atoms with Crippen molar-refractivity contribution < 1.29 is 45.9 Å². The molecule has 2 aromatic rings. The second-order valence-corrected chi connectivity index (χ2v) is 11.8. The van der Waals surface area contributed by atoms with Crippen molar-refractivity contribution in [1.82, 2.24) is 14.8 Å². The van der Waals surface area contributed by atoms with Crippen LogP contribution in [-0.4, -0.2) is 94.0 Å². The standard InChI is InChI=1S/C33H32N4O6.H2O4S/c1-6-42-33(41)23-10-7-20(32(40)34-15-16-37-29(38)13-14-30(37)39)17-26(23)31-24-11-8-21(35(2)3)18-27(24)43-28-19-22(36(4)5)9-12-25(28)31;1-5(2,3)4/h7-14,17-19H,6,15-16H2,1-5H3;(H2,1,2,3,4). The lowest BCUT2D eigenvalue weighted by molar-refractivity contribution is -0.136. The third kappa shape index (κ3) is 8.31. The normalized spacial score (nSPS) is 12.6. The molecule has 0 radical (unpaired) electrons.